The van der Waals surface area contributed by atoms with Crippen LogP contribution >= 0.6 is 0 Å². The molecular formula is C12H16N2O3. The molecule has 0 fully saturated rings. The smallest absolute Gasteiger partial charge is 0.258 e. The molecule has 0 bridgehead atoms. The molecule has 5 nitrogen and oxygen atoms in total. The Hall–Kier alpha value is -2.04. The molecule has 5 heteroatoms. The number of rotatable bonds is 5. The molecule has 1 aromatic rings. The Kier molecular flexibility index (Phi) is 4.51. The highest BCUT2D eigenvalue weighted by atomic mass is 16.5. The second-order valence-corrected chi connectivity index (χ2v) is 3.86. The molecule has 0 saturated carbocycles. The maximum Gasteiger partial charge on any atom is 0.258 e. The third-order valence-electron chi connectivity index (χ3n) is 2.02. The van der Waals surface area contributed by atoms with Gasteiger partial charge in [0.15, 0.2) is 6.61 Å². The van der Waals surface area contributed by atoms with Gasteiger partial charge in [-0.15, -0.1) is 0 Å². The largest absolute Gasteiger partial charge is 0.484 e. The summed E-state index contributed by atoms with van der Waals surface area (Å²) < 4.78 is 5.30. The van der Waals surface area contributed by atoms with Gasteiger partial charge in [0.2, 0.25) is 5.91 Å². The minimum Gasteiger partial charge on any atom is -0.484 e. The number of carbonyl (C=O) groups excluding carboxylic acids is 2. The van der Waals surface area contributed by atoms with Crippen LogP contribution < -0.4 is 15.8 Å². The zero-order valence-electron chi connectivity index (χ0n) is 9.95. The molecule has 0 heterocycles. The summed E-state index contributed by atoms with van der Waals surface area (Å²) in [5.74, 6) is -0.315. The van der Waals surface area contributed by atoms with Gasteiger partial charge in [-0.05, 0) is 37.1 Å². The van der Waals surface area contributed by atoms with E-state index in [1.807, 2.05) is 32.0 Å². The van der Waals surface area contributed by atoms with Crippen LogP contribution in [0.2, 0.25) is 0 Å². The van der Waals surface area contributed by atoms with Gasteiger partial charge >= 0.3 is 0 Å². The maximum atomic E-state index is 11.2. The maximum absolute atomic E-state index is 11.2. The number of nitrogens with one attached hydrogen (secondary N) is 1. The van der Waals surface area contributed by atoms with E-state index in [0.717, 1.165) is 11.1 Å². The average molecular weight is 236 g/mol. The van der Waals surface area contributed by atoms with Crippen LogP contribution in [0.1, 0.15) is 11.1 Å². The summed E-state index contributed by atoms with van der Waals surface area (Å²) in [6.45, 7) is 3.60. The predicted molar refractivity (Wildman–Crippen MR) is 63.6 cm³/mol. The molecule has 0 saturated heterocycles. The first-order chi connectivity index (χ1) is 7.97. The van der Waals surface area contributed by atoms with Gasteiger partial charge in [0.25, 0.3) is 5.91 Å². The fourth-order valence-electron chi connectivity index (χ4n) is 1.40. The third kappa shape index (κ3) is 5.01. The number of ether oxygens (including phenoxy) is 1. The zero-order valence-corrected chi connectivity index (χ0v) is 9.95. The Morgan fingerprint density at radius 2 is 1.82 bits per heavy atom. The monoisotopic (exact) mass is 236 g/mol. The van der Waals surface area contributed by atoms with Crippen molar-refractivity contribution in [2.24, 2.45) is 5.73 Å². The van der Waals surface area contributed by atoms with Crippen LogP contribution in [0, 0.1) is 13.8 Å². The van der Waals surface area contributed by atoms with E-state index < -0.39 is 5.91 Å². The fourth-order valence-corrected chi connectivity index (χ4v) is 1.40. The van der Waals surface area contributed by atoms with E-state index in [4.69, 9.17) is 10.5 Å². The predicted octanol–water partition coefficient (Wildman–Crippen LogP) is 0.284. The summed E-state index contributed by atoms with van der Waals surface area (Å²) in [7, 11) is 0. The number of hydrogen-bond donors (Lipinski definition) is 2. The van der Waals surface area contributed by atoms with E-state index in [-0.39, 0.29) is 19.1 Å². The van der Waals surface area contributed by atoms with Crippen molar-refractivity contribution >= 4 is 11.8 Å². The van der Waals surface area contributed by atoms with E-state index in [2.05, 4.69) is 5.32 Å². The minimum absolute atomic E-state index is 0.129. The van der Waals surface area contributed by atoms with Crippen molar-refractivity contribution in [2.45, 2.75) is 13.8 Å². The lowest BCUT2D eigenvalue weighted by Gasteiger charge is -2.08. The van der Waals surface area contributed by atoms with Gasteiger partial charge < -0.3 is 15.8 Å². The zero-order chi connectivity index (χ0) is 12.8. The van der Waals surface area contributed by atoms with Crippen molar-refractivity contribution in [3.8, 4) is 5.75 Å². The standard InChI is InChI=1S/C12H16N2O3/c1-8-3-9(2)5-10(4-8)17-7-12(16)14-6-11(13)15/h3-5H,6-7H2,1-2H3,(H2,13,15)(H,14,16). The second kappa shape index (κ2) is 5.89. The lowest BCUT2D eigenvalue weighted by Crippen LogP contribution is -2.36. The number of hydrogen-bond acceptors (Lipinski definition) is 3. The Morgan fingerprint density at radius 3 is 2.35 bits per heavy atom. The van der Waals surface area contributed by atoms with Crippen LogP contribution in [-0.2, 0) is 9.59 Å². The van der Waals surface area contributed by atoms with E-state index >= 15 is 0 Å². The fraction of sp³-hybridized carbons (Fsp3) is 0.333. The Bertz CT molecular complexity index is 410. The summed E-state index contributed by atoms with van der Waals surface area (Å²) in [4.78, 5) is 21.7. The highest BCUT2D eigenvalue weighted by Gasteiger charge is 2.04. The summed E-state index contributed by atoms with van der Waals surface area (Å²) >= 11 is 0. The van der Waals surface area contributed by atoms with Crippen molar-refractivity contribution in [1.82, 2.24) is 5.32 Å². The number of benzene rings is 1. The molecule has 2 amide bonds. The van der Waals surface area contributed by atoms with Crippen molar-refractivity contribution in [3.05, 3.63) is 29.3 Å². The number of primary amides is 1. The molecule has 0 unspecified atom stereocenters. The quantitative estimate of drug-likeness (QED) is 0.770. The lowest BCUT2D eigenvalue weighted by molar-refractivity contribution is -0.126. The molecule has 3 N–H and O–H groups in total. The van der Waals surface area contributed by atoms with Crippen molar-refractivity contribution in [3.63, 3.8) is 0 Å². The summed E-state index contributed by atoms with van der Waals surface area (Å²) in [5.41, 5.74) is 7.03. The molecule has 1 rings (SSSR count). The van der Waals surface area contributed by atoms with Gasteiger partial charge in [-0.3, -0.25) is 9.59 Å². The molecule has 0 spiro atoms. The molecule has 0 atom stereocenters. The van der Waals surface area contributed by atoms with E-state index in [0.29, 0.717) is 5.75 Å². The molecule has 0 aliphatic rings. The molecule has 1 aromatic carbocycles. The summed E-state index contributed by atoms with van der Waals surface area (Å²) in [6.07, 6.45) is 0. The minimum atomic E-state index is -0.579. The van der Waals surface area contributed by atoms with Gasteiger partial charge in [-0.25, -0.2) is 0 Å². The highest BCUT2D eigenvalue weighted by molar-refractivity contribution is 5.84. The number of carbonyl (C=O) groups is 2. The normalized spacial score (nSPS) is 9.76. The molecule has 0 aliphatic carbocycles. The van der Waals surface area contributed by atoms with Crippen LogP contribution in [0.3, 0.4) is 0 Å². The van der Waals surface area contributed by atoms with Crippen LogP contribution in [0.25, 0.3) is 0 Å². The van der Waals surface area contributed by atoms with Gasteiger partial charge in [0.1, 0.15) is 5.75 Å². The number of aryl methyl sites for hydroxylation is 2. The first-order valence-electron chi connectivity index (χ1n) is 5.23. The van der Waals surface area contributed by atoms with Gasteiger partial charge in [-0.2, -0.15) is 0 Å². The topological polar surface area (TPSA) is 81.4 Å². The first-order valence-corrected chi connectivity index (χ1v) is 5.23. The van der Waals surface area contributed by atoms with Crippen LogP contribution in [-0.4, -0.2) is 25.0 Å². The third-order valence-corrected chi connectivity index (χ3v) is 2.02. The average Bonchev–Trinajstić information content (AvgIpc) is 2.22. The molecular weight excluding hydrogens is 220 g/mol. The van der Waals surface area contributed by atoms with Crippen molar-refractivity contribution < 1.29 is 14.3 Å². The van der Waals surface area contributed by atoms with Crippen molar-refractivity contribution in [2.75, 3.05) is 13.2 Å². The molecule has 17 heavy (non-hydrogen) atoms. The molecule has 0 aromatic heterocycles. The molecule has 0 radical (unpaired) electrons. The van der Waals surface area contributed by atoms with E-state index in [1.165, 1.54) is 0 Å². The van der Waals surface area contributed by atoms with Crippen LogP contribution in [0.4, 0.5) is 0 Å². The Balaban J connectivity index is 2.44. The number of nitrogens with two attached hydrogens (primary N) is 1. The Morgan fingerprint density at radius 1 is 1.24 bits per heavy atom. The van der Waals surface area contributed by atoms with Gasteiger partial charge in [0.05, 0.1) is 6.54 Å². The van der Waals surface area contributed by atoms with Crippen LogP contribution in [0.5, 0.6) is 5.75 Å². The second-order valence-electron chi connectivity index (χ2n) is 3.86. The Labute approximate surface area is 99.9 Å². The van der Waals surface area contributed by atoms with Gasteiger partial charge in [0, 0.05) is 0 Å². The van der Waals surface area contributed by atoms with Gasteiger partial charge in [-0.1, -0.05) is 6.07 Å². The molecule has 0 aliphatic heterocycles. The first kappa shape index (κ1) is 13.0. The van der Waals surface area contributed by atoms with Crippen molar-refractivity contribution in [1.29, 1.82) is 0 Å². The molecule has 92 valence electrons. The number of amides is 2. The van der Waals surface area contributed by atoms with E-state index in [1.54, 1.807) is 0 Å². The highest BCUT2D eigenvalue weighted by Crippen LogP contribution is 2.15. The van der Waals surface area contributed by atoms with Crippen LogP contribution in [0.15, 0.2) is 18.2 Å². The van der Waals surface area contributed by atoms with E-state index in [9.17, 15) is 9.59 Å². The SMILES string of the molecule is Cc1cc(C)cc(OCC(=O)NCC(N)=O)c1. The summed E-state index contributed by atoms with van der Waals surface area (Å²) in [6, 6.07) is 5.70. The summed E-state index contributed by atoms with van der Waals surface area (Å²) in [5, 5.41) is 2.34. The lowest BCUT2D eigenvalue weighted by atomic mass is 10.1.